The molecule has 0 bridgehead atoms. The van der Waals surface area contributed by atoms with Crippen molar-refractivity contribution in [1.29, 1.82) is 0 Å². The van der Waals surface area contributed by atoms with Crippen LogP contribution in [0, 0.1) is 12.8 Å². The Kier molecular flexibility index (Phi) is 2.84. The van der Waals surface area contributed by atoms with Gasteiger partial charge < -0.3 is 0 Å². The number of rotatable bonds is 1. The third kappa shape index (κ3) is 2.17. The summed E-state index contributed by atoms with van der Waals surface area (Å²) in [5, 5.41) is 0.450. The summed E-state index contributed by atoms with van der Waals surface area (Å²) in [6.07, 6.45) is 6.16. The minimum Gasteiger partial charge on any atom is -0.123 e. The first-order chi connectivity index (χ1) is 4.33. The predicted molar refractivity (Wildman–Crippen MR) is 41.6 cm³/mol. The van der Waals surface area contributed by atoms with Crippen LogP contribution in [-0.2, 0) is 0 Å². The zero-order valence-corrected chi connectivity index (χ0v) is 6.53. The van der Waals surface area contributed by atoms with Crippen LogP contribution < -0.4 is 0 Å². The summed E-state index contributed by atoms with van der Waals surface area (Å²) < 4.78 is 0. The standard InChI is InChI=1S/C8H14Cl/c1-2-7-4-3-5-8(9)6-7/h7-8H,1-6H2. The third-order valence-electron chi connectivity index (χ3n) is 2.13. The normalized spacial score (nSPS) is 36.7. The van der Waals surface area contributed by atoms with E-state index in [1.54, 1.807) is 0 Å². The molecule has 0 aromatic carbocycles. The molecule has 1 heteroatoms. The van der Waals surface area contributed by atoms with Crippen LogP contribution in [0.4, 0.5) is 0 Å². The topological polar surface area (TPSA) is 0 Å². The average molecular weight is 146 g/mol. The summed E-state index contributed by atoms with van der Waals surface area (Å²) >= 11 is 5.96. The monoisotopic (exact) mass is 145 g/mol. The van der Waals surface area contributed by atoms with Gasteiger partial charge in [-0.15, -0.1) is 11.6 Å². The first-order valence-electron chi connectivity index (χ1n) is 3.76. The van der Waals surface area contributed by atoms with Crippen molar-refractivity contribution in [3.8, 4) is 0 Å². The average Bonchev–Trinajstić information content (AvgIpc) is 1.88. The fourth-order valence-corrected chi connectivity index (χ4v) is 1.89. The molecule has 1 fully saturated rings. The summed E-state index contributed by atoms with van der Waals surface area (Å²) in [4.78, 5) is 0. The molecular formula is C8H14Cl. The molecule has 9 heavy (non-hydrogen) atoms. The number of hydrogen-bond donors (Lipinski definition) is 0. The highest BCUT2D eigenvalue weighted by Crippen LogP contribution is 2.29. The van der Waals surface area contributed by atoms with Crippen LogP contribution in [0.15, 0.2) is 0 Å². The number of halogens is 1. The van der Waals surface area contributed by atoms with Gasteiger partial charge in [0.15, 0.2) is 0 Å². The lowest BCUT2D eigenvalue weighted by Gasteiger charge is -2.23. The second-order valence-electron chi connectivity index (χ2n) is 2.92. The van der Waals surface area contributed by atoms with Gasteiger partial charge in [0, 0.05) is 5.38 Å². The van der Waals surface area contributed by atoms with Crippen molar-refractivity contribution < 1.29 is 0 Å². The molecule has 0 aromatic rings. The van der Waals surface area contributed by atoms with Gasteiger partial charge in [0.05, 0.1) is 0 Å². The molecule has 0 heterocycles. The maximum atomic E-state index is 5.96. The van der Waals surface area contributed by atoms with Gasteiger partial charge in [-0.2, -0.15) is 0 Å². The Bertz CT molecular complexity index is 80.6. The Hall–Kier alpha value is 0.290. The molecule has 0 nitrogen and oxygen atoms in total. The largest absolute Gasteiger partial charge is 0.123 e. The minimum atomic E-state index is 0.450. The molecule has 2 atom stereocenters. The smallest absolute Gasteiger partial charge is 0.0338 e. The van der Waals surface area contributed by atoms with Crippen LogP contribution in [0.3, 0.4) is 0 Å². The van der Waals surface area contributed by atoms with E-state index in [0.717, 1.165) is 12.3 Å². The highest BCUT2D eigenvalue weighted by atomic mass is 35.5. The van der Waals surface area contributed by atoms with Gasteiger partial charge in [-0.05, 0) is 18.8 Å². The first-order valence-corrected chi connectivity index (χ1v) is 4.20. The lowest BCUT2D eigenvalue weighted by Crippen LogP contribution is -2.14. The number of alkyl halides is 1. The van der Waals surface area contributed by atoms with Crippen LogP contribution >= 0.6 is 11.6 Å². The zero-order valence-electron chi connectivity index (χ0n) is 5.78. The van der Waals surface area contributed by atoms with E-state index in [1.807, 2.05) is 0 Å². The highest BCUT2D eigenvalue weighted by Gasteiger charge is 2.17. The van der Waals surface area contributed by atoms with E-state index in [4.69, 9.17) is 11.6 Å². The maximum absolute atomic E-state index is 5.96. The molecule has 2 unspecified atom stereocenters. The highest BCUT2D eigenvalue weighted by molar-refractivity contribution is 6.20. The molecule has 53 valence electrons. The van der Waals surface area contributed by atoms with E-state index >= 15 is 0 Å². The number of hydrogen-bond acceptors (Lipinski definition) is 0. The zero-order chi connectivity index (χ0) is 6.69. The molecule has 1 aliphatic rings. The molecule has 1 aliphatic carbocycles. The summed E-state index contributed by atoms with van der Waals surface area (Å²) in [5.41, 5.74) is 0. The molecule has 0 aliphatic heterocycles. The van der Waals surface area contributed by atoms with E-state index in [9.17, 15) is 0 Å². The Balaban J connectivity index is 2.23. The third-order valence-corrected chi connectivity index (χ3v) is 2.52. The molecule has 1 rings (SSSR count). The van der Waals surface area contributed by atoms with Crippen LogP contribution in [0.25, 0.3) is 0 Å². The second kappa shape index (κ2) is 3.46. The SMILES string of the molecule is [CH2]CC1CCCC(Cl)C1. The molecule has 1 saturated carbocycles. The Labute approximate surface area is 62.6 Å². The van der Waals surface area contributed by atoms with Crippen molar-refractivity contribution >= 4 is 11.6 Å². The molecule has 0 saturated heterocycles. The van der Waals surface area contributed by atoms with Crippen molar-refractivity contribution in [1.82, 2.24) is 0 Å². The van der Waals surface area contributed by atoms with Gasteiger partial charge >= 0.3 is 0 Å². The van der Waals surface area contributed by atoms with E-state index in [0.29, 0.717) is 5.38 Å². The van der Waals surface area contributed by atoms with Gasteiger partial charge in [0.2, 0.25) is 0 Å². The first kappa shape index (κ1) is 7.40. The van der Waals surface area contributed by atoms with Gasteiger partial charge in [0.1, 0.15) is 0 Å². The summed E-state index contributed by atoms with van der Waals surface area (Å²) in [5.74, 6) is 0.821. The van der Waals surface area contributed by atoms with Crippen molar-refractivity contribution in [2.75, 3.05) is 0 Å². The molecule has 0 spiro atoms. The Morgan fingerprint density at radius 1 is 1.44 bits per heavy atom. The van der Waals surface area contributed by atoms with E-state index in [1.165, 1.54) is 25.7 Å². The lowest BCUT2D eigenvalue weighted by atomic mass is 9.87. The quantitative estimate of drug-likeness (QED) is 0.498. The van der Waals surface area contributed by atoms with Crippen LogP contribution in [0.2, 0.25) is 0 Å². The van der Waals surface area contributed by atoms with Gasteiger partial charge in [-0.1, -0.05) is 26.2 Å². The molecule has 0 aromatic heterocycles. The van der Waals surface area contributed by atoms with E-state index < -0.39 is 0 Å². The van der Waals surface area contributed by atoms with Gasteiger partial charge in [0.25, 0.3) is 0 Å². The Morgan fingerprint density at radius 3 is 2.67 bits per heavy atom. The fraction of sp³-hybridized carbons (Fsp3) is 0.875. The van der Waals surface area contributed by atoms with Crippen LogP contribution in [-0.4, -0.2) is 5.38 Å². The second-order valence-corrected chi connectivity index (χ2v) is 3.54. The predicted octanol–water partition coefficient (Wildman–Crippen LogP) is 3.01. The minimum absolute atomic E-state index is 0.450. The summed E-state index contributed by atoms with van der Waals surface area (Å²) in [6.45, 7) is 3.89. The van der Waals surface area contributed by atoms with Crippen LogP contribution in [0.5, 0.6) is 0 Å². The van der Waals surface area contributed by atoms with Crippen molar-refractivity contribution in [2.45, 2.75) is 37.5 Å². The molecule has 0 amide bonds. The van der Waals surface area contributed by atoms with E-state index in [-0.39, 0.29) is 0 Å². The molecular weight excluding hydrogens is 132 g/mol. The Morgan fingerprint density at radius 2 is 2.22 bits per heavy atom. The van der Waals surface area contributed by atoms with Crippen LogP contribution in [0.1, 0.15) is 32.1 Å². The van der Waals surface area contributed by atoms with Crippen molar-refractivity contribution in [3.05, 3.63) is 6.92 Å². The maximum Gasteiger partial charge on any atom is 0.0338 e. The van der Waals surface area contributed by atoms with Gasteiger partial charge in [-0.3, -0.25) is 0 Å². The molecule has 1 radical (unpaired) electrons. The fourth-order valence-electron chi connectivity index (χ4n) is 1.49. The van der Waals surface area contributed by atoms with E-state index in [2.05, 4.69) is 6.92 Å². The van der Waals surface area contributed by atoms with Crippen molar-refractivity contribution in [2.24, 2.45) is 5.92 Å². The van der Waals surface area contributed by atoms with Gasteiger partial charge in [-0.25, -0.2) is 0 Å². The molecule has 0 N–H and O–H groups in total. The summed E-state index contributed by atoms with van der Waals surface area (Å²) in [6, 6.07) is 0. The lowest BCUT2D eigenvalue weighted by molar-refractivity contribution is 0.365. The summed E-state index contributed by atoms with van der Waals surface area (Å²) in [7, 11) is 0. The van der Waals surface area contributed by atoms with Crippen molar-refractivity contribution in [3.63, 3.8) is 0 Å².